The van der Waals surface area contributed by atoms with Gasteiger partial charge in [-0.2, -0.15) is 11.8 Å². The zero-order chi connectivity index (χ0) is 12.0. The second-order valence-corrected chi connectivity index (χ2v) is 6.26. The van der Waals surface area contributed by atoms with E-state index in [0.717, 1.165) is 18.7 Å². The third-order valence-electron chi connectivity index (χ3n) is 2.54. The van der Waals surface area contributed by atoms with Gasteiger partial charge in [-0.25, -0.2) is 4.98 Å². The van der Waals surface area contributed by atoms with Gasteiger partial charge in [0.1, 0.15) is 0 Å². The quantitative estimate of drug-likeness (QED) is 0.814. The van der Waals surface area contributed by atoms with Crippen LogP contribution in [0.25, 0.3) is 0 Å². The second kappa shape index (κ2) is 7.30. The first-order valence-electron chi connectivity index (χ1n) is 5.82. The summed E-state index contributed by atoms with van der Waals surface area (Å²) in [5, 5.41) is 4.87. The molecule has 4 heteroatoms. The van der Waals surface area contributed by atoms with Gasteiger partial charge in [0.05, 0.1) is 10.7 Å². The molecule has 0 spiro atoms. The van der Waals surface area contributed by atoms with Crippen molar-refractivity contribution < 1.29 is 0 Å². The molecule has 0 bridgehead atoms. The first kappa shape index (κ1) is 14.0. The lowest BCUT2D eigenvalue weighted by Crippen LogP contribution is -2.33. The SMILES string of the molecule is CCCNC(CSC)Cc1nc(C)c(C)s1. The minimum absolute atomic E-state index is 0.569. The van der Waals surface area contributed by atoms with Gasteiger partial charge in [-0.3, -0.25) is 0 Å². The van der Waals surface area contributed by atoms with Crippen LogP contribution in [0, 0.1) is 13.8 Å². The van der Waals surface area contributed by atoms with Gasteiger partial charge >= 0.3 is 0 Å². The number of aromatic nitrogens is 1. The predicted octanol–water partition coefficient (Wildman–Crippen LogP) is 3.03. The van der Waals surface area contributed by atoms with Crippen molar-refractivity contribution in [3.8, 4) is 0 Å². The molecular weight excluding hydrogens is 236 g/mol. The van der Waals surface area contributed by atoms with Crippen molar-refractivity contribution in [1.29, 1.82) is 0 Å². The summed E-state index contributed by atoms with van der Waals surface area (Å²) in [5.41, 5.74) is 1.19. The lowest BCUT2D eigenvalue weighted by atomic mass is 10.2. The molecule has 0 amide bonds. The zero-order valence-corrected chi connectivity index (χ0v) is 12.3. The second-order valence-electron chi connectivity index (χ2n) is 4.06. The van der Waals surface area contributed by atoms with Crippen molar-refractivity contribution in [2.75, 3.05) is 18.6 Å². The standard InChI is InChI=1S/C12H22N2S2/c1-5-6-13-11(8-15-4)7-12-14-9(2)10(3)16-12/h11,13H,5-8H2,1-4H3. The van der Waals surface area contributed by atoms with Gasteiger partial charge in [0.15, 0.2) is 0 Å². The van der Waals surface area contributed by atoms with Gasteiger partial charge in [0.2, 0.25) is 0 Å². The smallest absolute Gasteiger partial charge is 0.0946 e. The van der Waals surface area contributed by atoms with E-state index in [4.69, 9.17) is 0 Å². The molecule has 1 atom stereocenters. The van der Waals surface area contributed by atoms with E-state index < -0.39 is 0 Å². The number of rotatable bonds is 7. The van der Waals surface area contributed by atoms with Crippen LogP contribution in [-0.4, -0.2) is 29.6 Å². The molecule has 0 saturated heterocycles. The topological polar surface area (TPSA) is 24.9 Å². The van der Waals surface area contributed by atoms with Crippen LogP contribution in [0.2, 0.25) is 0 Å². The van der Waals surface area contributed by atoms with Crippen LogP contribution in [0.15, 0.2) is 0 Å². The number of aryl methyl sites for hydroxylation is 2. The summed E-state index contributed by atoms with van der Waals surface area (Å²) in [6.45, 7) is 7.56. The Bertz CT molecular complexity index is 290. The van der Waals surface area contributed by atoms with E-state index in [1.807, 2.05) is 23.1 Å². The molecule has 0 saturated carbocycles. The van der Waals surface area contributed by atoms with E-state index in [-0.39, 0.29) is 0 Å². The van der Waals surface area contributed by atoms with Crippen molar-refractivity contribution in [2.24, 2.45) is 0 Å². The Hall–Kier alpha value is -0.0600. The average molecular weight is 258 g/mol. The van der Waals surface area contributed by atoms with Crippen LogP contribution >= 0.6 is 23.1 Å². The van der Waals surface area contributed by atoms with Crippen molar-refractivity contribution in [2.45, 2.75) is 39.7 Å². The largest absolute Gasteiger partial charge is 0.313 e. The lowest BCUT2D eigenvalue weighted by molar-refractivity contribution is 0.549. The van der Waals surface area contributed by atoms with E-state index in [9.17, 15) is 0 Å². The van der Waals surface area contributed by atoms with Gasteiger partial charge in [0.25, 0.3) is 0 Å². The summed E-state index contributed by atoms with van der Waals surface area (Å²) in [7, 11) is 0. The minimum atomic E-state index is 0.569. The highest BCUT2D eigenvalue weighted by Crippen LogP contribution is 2.18. The molecule has 0 aliphatic heterocycles. The summed E-state index contributed by atoms with van der Waals surface area (Å²) in [6, 6.07) is 0.569. The molecule has 2 nitrogen and oxygen atoms in total. The molecule has 0 radical (unpaired) electrons. The Morgan fingerprint density at radius 1 is 1.44 bits per heavy atom. The van der Waals surface area contributed by atoms with E-state index >= 15 is 0 Å². The number of thiazole rings is 1. The Morgan fingerprint density at radius 2 is 2.19 bits per heavy atom. The molecule has 0 aliphatic rings. The van der Waals surface area contributed by atoms with E-state index in [0.29, 0.717) is 6.04 Å². The lowest BCUT2D eigenvalue weighted by Gasteiger charge is -2.15. The van der Waals surface area contributed by atoms with Crippen LogP contribution in [0.5, 0.6) is 0 Å². The Labute approximate surface area is 107 Å². The van der Waals surface area contributed by atoms with Crippen LogP contribution in [0.1, 0.15) is 28.9 Å². The molecule has 1 aromatic heterocycles. The number of hydrogen-bond donors (Lipinski definition) is 1. The number of nitrogens with zero attached hydrogens (tertiary/aromatic N) is 1. The molecule has 0 aliphatic carbocycles. The molecule has 1 rings (SSSR count). The van der Waals surface area contributed by atoms with E-state index in [1.165, 1.54) is 22.0 Å². The van der Waals surface area contributed by atoms with Crippen LogP contribution in [0.4, 0.5) is 0 Å². The van der Waals surface area contributed by atoms with Crippen LogP contribution < -0.4 is 5.32 Å². The molecule has 1 N–H and O–H groups in total. The summed E-state index contributed by atoms with van der Waals surface area (Å²) in [6.07, 6.45) is 4.43. The summed E-state index contributed by atoms with van der Waals surface area (Å²) < 4.78 is 0. The van der Waals surface area contributed by atoms with Gasteiger partial charge in [-0.1, -0.05) is 6.92 Å². The van der Waals surface area contributed by atoms with Crippen molar-refractivity contribution in [3.63, 3.8) is 0 Å². The predicted molar refractivity (Wildman–Crippen MR) is 75.8 cm³/mol. The highest BCUT2D eigenvalue weighted by Gasteiger charge is 2.11. The van der Waals surface area contributed by atoms with Gasteiger partial charge < -0.3 is 5.32 Å². The maximum atomic E-state index is 4.61. The van der Waals surface area contributed by atoms with Gasteiger partial charge in [-0.05, 0) is 33.1 Å². The highest BCUT2D eigenvalue weighted by molar-refractivity contribution is 7.98. The Balaban J connectivity index is 2.52. The van der Waals surface area contributed by atoms with E-state index in [1.54, 1.807) is 0 Å². The third kappa shape index (κ3) is 4.44. The fraction of sp³-hybridized carbons (Fsp3) is 0.750. The fourth-order valence-electron chi connectivity index (χ4n) is 1.58. The molecule has 92 valence electrons. The van der Waals surface area contributed by atoms with Crippen molar-refractivity contribution in [3.05, 3.63) is 15.6 Å². The van der Waals surface area contributed by atoms with Gasteiger partial charge in [0, 0.05) is 23.1 Å². The normalized spacial score (nSPS) is 13.0. The molecule has 0 aromatic carbocycles. The first-order chi connectivity index (χ1) is 7.67. The minimum Gasteiger partial charge on any atom is -0.313 e. The van der Waals surface area contributed by atoms with E-state index in [2.05, 4.69) is 37.3 Å². The molecule has 16 heavy (non-hydrogen) atoms. The molecular formula is C12H22N2S2. The monoisotopic (exact) mass is 258 g/mol. The first-order valence-corrected chi connectivity index (χ1v) is 8.03. The Morgan fingerprint density at radius 3 is 2.69 bits per heavy atom. The fourth-order valence-corrected chi connectivity index (χ4v) is 3.23. The van der Waals surface area contributed by atoms with Gasteiger partial charge in [-0.15, -0.1) is 11.3 Å². The summed E-state index contributed by atoms with van der Waals surface area (Å²) in [4.78, 5) is 5.96. The zero-order valence-electron chi connectivity index (χ0n) is 10.7. The molecule has 1 unspecified atom stereocenters. The number of hydrogen-bond acceptors (Lipinski definition) is 4. The maximum absolute atomic E-state index is 4.61. The third-order valence-corrected chi connectivity index (χ3v) is 4.38. The van der Waals surface area contributed by atoms with Crippen LogP contribution in [0.3, 0.4) is 0 Å². The highest BCUT2D eigenvalue weighted by atomic mass is 32.2. The Kier molecular flexibility index (Phi) is 6.39. The molecule has 1 aromatic rings. The summed E-state index contributed by atoms with van der Waals surface area (Å²) >= 11 is 3.75. The number of nitrogens with one attached hydrogen (secondary N) is 1. The van der Waals surface area contributed by atoms with Crippen molar-refractivity contribution in [1.82, 2.24) is 10.3 Å². The molecule has 0 fully saturated rings. The number of thioether (sulfide) groups is 1. The summed E-state index contributed by atoms with van der Waals surface area (Å²) in [5.74, 6) is 1.16. The van der Waals surface area contributed by atoms with Crippen molar-refractivity contribution >= 4 is 23.1 Å². The van der Waals surface area contributed by atoms with Crippen LogP contribution in [-0.2, 0) is 6.42 Å². The maximum Gasteiger partial charge on any atom is 0.0946 e. The molecule has 1 heterocycles. The average Bonchev–Trinajstić information content (AvgIpc) is 2.55.